The molecule has 38 heavy (non-hydrogen) atoms. The Kier molecular flexibility index (Phi) is 5.54. The van der Waals surface area contributed by atoms with Gasteiger partial charge in [0, 0.05) is 17.2 Å². The maximum atomic E-state index is 6.56. The second-order valence-corrected chi connectivity index (χ2v) is 13.4. The predicted octanol–water partition coefficient (Wildman–Crippen LogP) is 7.06. The molecule has 0 spiro atoms. The van der Waals surface area contributed by atoms with Gasteiger partial charge in [-0.15, -0.1) is 0 Å². The normalized spacial score (nSPS) is 11.8. The van der Waals surface area contributed by atoms with Crippen molar-refractivity contribution in [1.29, 1.82) is 0 Å². The average molecular weight is 529 g/mol. The predicted molar refractivity (Wildman–Crippen MR) is 159 cm³/mol. The number of nitrogens with zero attached hydrogens (tertiary/aromatic N) is 2. The zero-order chi connectivity index (χ0) is 25.5. The van der Waals surface area contributed by atoms with Crippen LogP contribution in [-0.4, -0.2) is 9.97 Å². The lowest BCUT2D eigenvalue weighted by Gasteiger charge is -2.24. The SMILES string of the molecule is S=P(c1ccccc1)(c1ccc(-c2nc3ccccc3o2)cc1)c1ccc(-c2nc3ccccc3o2)cc1. The van der Waals surface area contributed by atoms with Crippen molar-refractivity contribution in [2.24, 2.45) is 0 Å². The molecule has 0 fully saturated rings. The molecule has 0 saturated carbocycles. The fourth-order valence-electron chi connectivity index (χ4n) is 4.70. The molecule has 5 aromatic carbocycles. The van der Waals surface area contributed by atoms with E-state index in [1.165, 1.54) is 0 Å². The van der Waals surface area contributed by atoms with E-state index in [2.05, 4.69) is 82.8 Å². The highest BCUT2D eigenvalue weighted by atomic mass is 32.4. The lowest BCUT2D eigenvalue weighted by Crippen LogP contribution is -2.24. The summed E-state index contributed by atoms with van der Waals surface area (Å²) in [6.45, 7) is 0. The fourth-order valence-corrected chi connectivity index (χ4v) is 8.42. The van der Waals surface area contributed by atoms with Gasteiger partial charge in [0.25, 0.3) is 0 Å². The number of benzene rings is 5. The average Bonchev–Trinajstić information content (AvgIpc) is 3.62. The molecule has 0 aliphatic carbocycles. The van der Waals surface area contributed by atoms with E-state index in [4.69, 9.17) is 20.6 Å². The van der Waals surface area contributed by atoms with Crippen LogP contribution in [0.4, 0.5) is 0 Å². The third kappa shape index (κ3) is 3.88. The number of rotatable bonds is 5. The van der Waals surface area contributed by atoms with Crippen molar-refractivity contribution >= 4 is 56.0 Å². The Balaban J connectivity index is 1.29. The van der Waals surface area contributed by atoms with Crippen LogP contribution in [0.1, 0.15) is 0 Å². The molecule has 0 aliphatic rings. The van der Waals surface area contributed by atoms with Crippen molar-refractivity contribution in [3.05, 3.63) is 127 Å². The van der Waals surface area contributed by atoms with Gasteiger partial charge >= 0.3 is 0 Å². The molecule has 0 unspecified atom stereocenters. The molecule has 0 atom stereocenters. The molecule has 2 aromatic heterocycles. The van der Waals surface area contributed by atoms with Crippen LogP contribution in [-0.2, 0) is 11.8 Å². The van der Waals surface area contributed by atoms with Crippen LogP contribution >= 0.6 is 6.04 Å². The number of oxazole rings is 2. The van der Waals surface area contributed by atoms with Gasteiger partial charge < -0.3 is 8.83 Å². The summed E-state index contributed by atoms with van der Waals surface area (Å²) in [6.07, 6.45) is 0. The first-order chi connectivity index (χ1) is 18.7. The van der Waals surface area contributed by atoms with E-state index in [0.29, 0.717) is 11.8 Å². The van der Waals surface area contributed by atoms with Gasteiger partial charge in [0.2, 0.25) is 11.8 Å². The van der Waals surface area contributed by atoms with Crippen molar-refractivity contribution in [3.63, 3.8) is 0 Å². The van der Waals surface area contributed by atoms with Gasteiger partial charge in [-0.1, -0.05) is 90.7 Å². The summed E-state index contributed by atoms with van der Waals surface area (Å²) < 4.78 is 12.0. The molecular formula is C32H21N2O2PS. The molecule has 0 N–H and O–H groups in total. The van der Waals surface area contributed by atoms with E-state index in [0.717, 1.165) is 49.2 Å². The molecular weight excluding hydrogens is 507 g/mol. The maximum Gasteiger partial charge on any atom is 0.227 e. The molecule has 6 heteroatoms. The summed E-state index contributed by atoms with van der Waals surface area (Å²) in [6, 6.07) is 40.3. The van der Waals surface area contributed by atoms with Crippen LogP contribution < -0.4 is 15.9 Å². The minimum atomic E-state index is -2.32. The Labute approximate surface area is 224 Å². The van der Waals surface area contributed by atoms with Gasteiger partial charge in [0.15, 0.2) is 11.2 Å². The van der Waals surface area contributed by atoms with Gasteiger partial charge in [-0.05, 0) is 64.4 Å². The number of hydrogen-bond donors (Lipinski definition) is 0. The second-order valence-electron chi connectivity index (χ2n) is 9.01. The highest BCUT2D eigenvalue weighted by Crippen LogP contribution is 2.43. The largest absolute Gasteiger partial charge is 0.436 e. The zero-order valence-electron chi connectivity index (χ0n) is 20.2. The molecule has 7 aromatic rings. The molecule has 0 radical (unpaired) electrons. The standard InChI is InChI=1S/C32H21N2O2PS/c38-37(24-8-2-1-3-9-24,25-18-14-22(15-19-25)31-33-27-10-4-6-12-29(27)35-31)26-20-16-23(17-21-26)32-34-28-11-5-7-13-30(28)36-32/h1-21H. The van der Waals surface area contributed by atoms with Crippen LogP contribution in [0.2, 0.25) is 0 Å². The minimum absolute atomic E-state index is 0.605. The molecule has 7 rings (SSSR count). The summed E-state index contributed by atoms with van der Waals surface area (Å²) in [7, 11) is 0. The zero-order valence-corrected chi connectivity index (χ0v) is 21.9. The van der Waals surface area contributed by atoms with Crippen LogP contribution in [0.5, 0.6) is 0 Å². The fraction of sp³-hybridized carbons (Fsp3) is 0. The lowest BCUT2D eigenvalue weighted by atomic mass is 10.2. The number of para-hydroxylation sites is 4. The highest BCUT2D eigenvalue weighted by Gasteiger charge is 2.25. The summed E-state index contributed by atoms with van der Waals surface area (Å²) in [5, 5.41) is 3.35. The molecule has 182 valence electrons. The number of hydrogen-bond acceptors (Lipinski definition) is 5. The van der Waals surface area contributed by atoms with Crippen LogP contribution in [0, 0.1) is 0 Å². The first-order valence-corrected chi connectivity index (χ1v) is 15.1. The van der Waals surface area contributed by atoms with E-state index >= 15 is 0 Å². The number of aromatic nitrogens is 2. The molecule has 2 heterocycles. The first kappa shape index (κ1) is 22.9. The van der Waals surface area contributed by atoms with Gasteiger partial charge in [0.05, 0.1) is 0 Å². The van der Waals surface area contributed by atoms with Crippen molar-refractivity contribution in [1.82, 2.24) is 9.97 Å². The first-order valence-electron chi connectivity index (χ1n) is 12.3. The van der Waals surface area contributed by atoms with E-state index in [-0.39, 0.29) is 0 Å². The molecule has 0 saturated heterocycles. The van der Waals surface area contributed by atoms with E-state index in [9.17, 15) is 0 Å². The van der Waals surface area contributed by atoms with E-state index < -0.39 is 6.04 Å². The van der Waals surface area contributed by atoms with Gasteiger partial charge in [-0.3, -0.25) is 0 Å². The van der Waals surface area contributed by atoms with Crippen molar-refractivity contribution in [3.8, 4) is 22.9 Å². The van der Waals surface area contributed by atoms with Crippen LogP contribution in [0.3, 0.4) is 0 Å². The topological polar surface area (TPSA) is 52.1 Å². The van der Waals surface area contributed by atoms with Gasteiger partial charge in [-0.2, -0.15) is 0 Å². The molecule has 0 aliphatic heterocycles. The highest BCUT2D eigenvalue weighted by molar-refractivity contribution is 8.25. The third-order valence-corrected chi connectivity index (χ3v) is 11.6. The second kappa shape index (κ2) is 9.21. The summed E-state index contributed by atoms with van der Waals surface area (Å²) in [5.41, 5.74) is 5.09. The summed E-state index contributed by atoms with van der Waals surface area (Å²) >= 11 is 6.56. The van der Waals surface area contributed by atoms with Crippen molar-refractivity contribution < 1.29 is 8.83 Å². The van der Waals surface area contributed by atoms with Crippen LogP contribution in [0.25, 0.3) is 45.1 Å². The Morgan fingerprint density at radius 1 is 0.447 bits per heavy atom. The molecule has 0 bridgehead atoms. The molecule has 0 amide bonds. The quantitative estimate of drug-likeness (QED) is 0.224. The van der Waals surface area contributed by atoms with Gasteiger partial charge in [0.1, 0.15) is 11.0 Å². The maximum absolute atomic E-state index is 6.56. The molecule has 4 nitrogen and oxygen atoms in total. The monoisotopic (exact) mass is 528 g/mol. The summed E-state index contributed by atoms with van der Waals surface area (Å²) in [4.78, 5) is 9.29. The lowest BCUT2D eigenvalue weighted by molar-refractivity contribution is 0.619. The minimum Gasteiger partial charge on any atom is -0.436 e. The van der Waals surface area contributed by atoms with Crippen LogP contribution in [0.15, 0.2) is 136 Å². The van der Waals surface area contributed by atoms with Gasteiger partial charge in [-0.25, -0.2) is 9.97 Å². The van der Waals surface area contributed by atoms with E-state index in [1.54, 1.807) is 0 Å². The van der Waals surface area contributed by atoms with E-state index in [1.807, 2.05) is 54.6 Å². The smallest absolute Gasteiger partial charge is 0.227 e. The number of fused-ring (bicyclic) bond motifs is 2. The Hall–Kier alpha value is -4.31. The Bertz CT molecular complexity index is 1750. The van der Waals surface area contributed by atoms with Crippen molar-refractivity contribution in [2.75, 3.05) is 0 Å². The Morgan fingerprint density at radius 2 is 0.842 bits per heavy atom. The summed E-state index contributed by atoms with van der Waals surface area (Å²) in [5.74, 6) is 1.21. The Morgan fingerprint density at radius 3 is 1.29 bits per heavy atom. The van der Waals surface area contributed by atoms with Crippen molar-refractivity contribution in [2.45, 2.75) is 0 Å². The third-order valence-electron chi connectivity index (χ3n) is 6.66.